The van der Waals surface area contributed by atoms with E-state index in [1.165, 1.54) is 13.2 Å². The highest BCUT2D eigenvalue weighted by atomic mass is 35.5. The van der Waals surface area contributed by atoms with Crippen molar-refractivity contribution in [3.05, 3.63) is 76.8 Å². The Morgan fingerprint density at radius 3 is 2.33 bits per heavy atom. The molecule has 1 saturated heterocycles. The van der Waals surface area contributed by atoms with E-state index in [2.05, 4.69) is 16.0 Å². The van der Waals surface area contributed by atoms with Gasteiger partial charge in [-0.25, -0.2) is 4.79 Å². The first kappa shape index (κ1) is 37.9. The van der Waals surface area contributed by atoms with Gasteiger partial charge in [-0.3, -0.25) is 14.4 Å². The van der Waals surface area contributed by atoms with Crippen molar-refractivity contribution in [2.75, 3.05) is 7.11 Å². The number of hydrogen-bond donors (Lipinski definition) is 3. The fraction of sp³-hybridized carbons (Fsp3) is 0.526. The summed E-state index contributed by atoms with van der Waals surface area (Å²) in [5.41, 5.74) is 0.276. The molecular formula is C38H50ClN3O7. The highest BCUT2D eigenvalue weighted by Gasteiger charge is 2.48. The van der Waals surface area contributed by atoms with Crippen molar-refractivity contribution in [2.45, 2.75) is 104 Å². The van der Waals surface area contributed by atoms with Crippen molar-refractivity contribution in [1.82, 2.24) is 16.0 Å². The molecule has 2 aliphatic heterocycles. The Kier molecular flexibility index (Phi) is 12.2. The Bertz CT molecular complexity index is 1540. The van der Waals surface area contributed by atoms with Crippen LogP contribution in [-0.2, 0) is 35.1 Å². The smallest absolute Gasteiger partial charge is 0.328 e. The van der Waals surface area contributed by atoms with Crippen LogP contribution in [0, 0.1) is 16.7 Å². The molecule has 0 aromatic heterocycles. The summed E-state index contributed by atoms with van der Waals surface area (Å²) in [6, 6.07) is 12.4. The molecule has 1 fully saturated rings. The van der Waals surface area contributed by atoms with Gasteiger partial charge < -0.3 is 30.2 Å². The van der Waals surface area contributed by atoms with E-state index in [1.807, 2.05) is 58.0 Å². The van der Waals surface area contributed by atoms with Gasteiger partial charge in [0, 0.05) is 24.8 Å². The second-order valence-corrected chi connectivity index (χ2v) is 15.3. The largest absolute Gasteiger partial charge is 0.495 e. The van der Waals surface area contributed by atoms with Crippen molar-refractivity contribution in [3.8, 4) is 5.75 Å². The molecule has 266 valence electrons. The zero-order valence-electron chi connectivity index (χ0n) is 29.7. The van der Waals surface area contributed by atoms with Crippen LogP contribution in [0.5, 0.6) is 5.75 Å². The van der Waals surface area contributed by atoms with Gasteiger partial charge in [0.25, 0.3) is 0 Å². The molecule has 0 saturated carbocycles. The number of hydrogen-bond acceptors (Lipinski definition) is 7. The lowest BCUT2D eigenvalue weighted by molar-refractivity contribution is -0.157. The normalized spacial score (nSPS) is 27.9. The number of amides is 3. The highest BCUT2D eigenvalue weighted by Crippen LogP contribution is 2.45. The maximum Gasteiger partial charge on any atom is 0.328 e. The van der Waals surface area contributed by atoms with Crippen molar-refractivity contribution in [2.24, 2.45) is 16.7 Å². The number of ether oxygens (including phenoxy) is 3. The van der Waals surface area contributed by atoms with Crippen LogP contribution >= 0.6 is 11.6 Å². The molecule has 11 heteroatoms. The zero-order chi connectivity index (χ0) is 36.1. The number of halogens is 1. The van der Waals surface area contributed by atoms with Gasteiger partial charge in [-0.15, -0.1) is 0 Å². The summed E-state index contributed by atoms with van der Waals surface area (Å²) in [4.78, 5) is 54.7. The topological polar surface area (TPSA) is 135 Å². The number of rotatable bonds is 7. The van der Waals surface area contributed by atoms with Gasteiger partial charge in [-0.2, -0.15) is 0 Å². The third-order valence-corrected chi connectivity index (χ3v) is 9.68. The van der Waals surface area contributed by atoms with Gasteiger partial charge in [0.1, 0.15) is 30.0 Å². The maximum absolute atomic E-state index is 13.9. The molecule has 2 aromatic carbocycles. The summed E-state index contributed by atoms with van der Waals surface area (Å²) in [7, 11) is 1.51. The molecule has 0 spiro atoms. The maximum atomic E-state index is 13.9. The summed E-state index contributed by atoms with van der Waals surface area (Å²) in [5.74, 6) is -1.69. The standard InChI is InChI=1S/C38H50ClN3O7/c1-22(32-33(49-32)25-13-10-9-11-14-25)29-15-12-16-31(43)41-27(20-24-17-18-30(47-8)26(39)19-24)34(44)40-23(2)38(6,7)36(46)42-28(35(45)48-29)21-37(3,4)5/h9-14,16-19,22-23,27-29,32-33H,15,20-21H2,1-8H3,(H,40,44)(H,41,43)(H,42,46)/b16-12+/t22-,23?,27+,28-,29-,32+,33+/m0/s1. The molecule has 49 heavy (non-hydrogen) atoms. The van der Waals surface area contributed by atoms with E-state index in [0.717, 1.165) is 5.56 Å². The SMILES string of the molecule is COc1ccc(C[C@H]2NC(=O)/C=C/C[C@@H]([C@H](C)[C@H]3O[C@@H]3c3ccccc3)OC(=O)[C@H](CC(C)(C)C)NC(=O)C(C)(C)C(C)NC2=O)cc1Cl. The van der Waals surface area contributed by atoms with E-state index in [0.29, 0.717) is 22.8 Å². The lowest BCUT2D eigenvalue weighted by Crippen LogP contribution is -2.58. The van der Waals surface area contributed by atoms with Crippen LogP contribution in [0.25, 0.3) is 0 Å². The number of methoxy groups -OCH3 is 1. The molecule has 3 amide bonds. The Balaban J connectivity index is 1.66. The fourth-order valence-corrected chi connectivity index (χ4v) is 6.18. The quantitative estimate of drug-likeness (QED) is 0.258. The number of nitrogens with one attached hydrogen (secondary N) is 3. The van der Waals surface area contributed by atoms with Crippen LogP contribution in [0.4, 0.5) is 0 Å². The summed E-state index contributed by atoms with van der Waals surface area (Å²) in [6.45, 7) is 13.0. The second-order valence-electron chi connectivity index (χ2n) is 14.9. The summed E-state index contributed by atoms with van der Waals surface area (Å²) in [5, 5.41) is 9.05. The number of benzene rings is 2. The van der Waals surface area contributed by atoms with Crippen LogP contribution in [0.2, 0.25) is 5.02 Å². The predicted octanol–water partition coefficient (Wildman–Crippen LogP) is 5.48. The van der Waals surface area contributed by atoms with Crippen LogP contribution in [0.1, 0.15) is 78.5 Å². The Labute approximate surface area is 294 Å². The molecule has 0 bridgehead atoms. The highest BCUT2D eigenvalue weighted by molar-refractivity contribution is 6.32. The number of epoxide rings is 1. The van der Waals surface area contributed by atoms with Gasteiger partial charge in [0.15, 0.2) is 0 Å². The first-order valence-corrected chi connectivity index (χ1v) is 17.2. The third kappa shape index (κ3) is 10.1. The number of carbonyl (C=O) groups is 4. The van der Waals surface area contributed by atoms with E-state index in [1.54, 1.807) is 45.0 Å². The average molecular weight is 696 g/mol. The molecule has 0 aliphatic carbocycles. The average Bonchev–Trinajstić information content (AvgIpc) is 3.84. The minimum absolute atomic E-state index is 0.138. The van der Waals surface area contributed by atoms with Crippen molar-refractivity contribution in [3.63, 3.8) is 0 Å². The van der Waals surface area contributed by atoms with Gasteiger partial charge in [-0.05, 0) is 61.9 Å². The van der Waals surface area contributed by atoms with Gasteiger partial charge in [0.05, 0.1) is 23.7 Å². The molecule has 2 aromatic rings. The number of carbonyl (C=O) groups excluding carboxylic acids is 4. The lowest BCUT2D eigenvalue weighted by Gasteiger charge is -2.35. The van der Waals surface area contributed by atoms with Crippen molar-refractivity contribution >= 4 is 35.3 Å². The predicted molar refractivity (Wildman–Crippen MR) is 188 cm³/mol. The Morgan fingerprint density at radius 1 is 1.00 bits per heavy atom. The summed E-state index contributed by atoms with van der Waals surface area (Å²) >= 11 is 6.36. The second kappa shape index (κ2) is 15.8. The first-order valence-electron chi connectivity index (χ1n) is 16.8. The lowest BCUT2D eigenvalue weighted by atomic mass is 9.82. The molecule has 4 rings (SSSR count). The van der Waals surface area contributed by atoms with Crippen LogP contribution < -0.4 is 20.7 Å². The fourth-order valence-electron chi connectivity index (χ4n) is 5.90. The summed E-state index contributed by atoms with van der Waals surface area (Å²) < 4.78 is 17.5. The van der Waals surface area contributed by atoms with Crippen LogP contribution in [0.15, 0.2) is 60.7 Å². The first-order chi connectivity index (χ1) is 23.0. The zero-order valence-corrected chi connectivity index (χ0v) is 30.4. The number of esters is 1. The molecule has 7 atom stereocenters. The molecule has 1 unspecified atom stereocenters. The minimum Gasteiger partial charge on any atom is -0.495 e. The molecule has 3 N–H and O–H groups in total. The van der Waals surface area contributed by atoms with E-state index in [9.17, 15) is 19.2 Å². The van der Waals surface area contributed by atoms with E-state index < -0.39 is 53.3 Å². The van der Waals surface area contributed by atoms with E-state index in [4.69, 9.17) is 25.8 Å². The van der Waals surface area contributed by atoms with Crippen LogP contribution in [0.3, 0.4) is 0 Å². The molecule has 2 aliphatic rings. The van der Waals surface area contributed by atoms with E-state index >= 15 is 0 Å². The van der Waals surface area contributed by atoms with Crippen molar-refractivity contribution < 1.29 is 33.4 Å². The van der Waals surface area contributed by atoms with Crippen LogP contribution in [-0.4, -0.2) is 61.1 Å². The van der Waals surface area contributed by atoms with Gasteiger partial charge in [0.2, 0.25) is 17.7 Å². The minimum atomic E-state index is -1.14. The monoisotopic (exact) mass is 695 g/mol. The summed E-state index contributed by atoms with van der Waals surface area (Å²) in [6.07, 6.45) is 2.67. The van der Waals surface area contributed by atoms with Gasteiger partial charge >= 0.3 is 5.97 Å². The molecular weight excluding hydrogens is 646 g/mol. The molecule has 0 radical (unpaired) electrons. The Hall–Kier alpha value is -3.89. The van der Waals surface area contributed by atoms with Crippen molar-refractivity contribution in [1.29, 1.82) is 0 Å². The van der Waals surface area contributed by atoms with E-state index in [-0.39, 0.29) is 36.4 Å². The number of cyclic esters (lactones) is 1. The molecule has 2 heterocycles. The molecule has 10 nitrogen and oxygen atoms in total. The van der Waals surface area contributed by atoms with Gasteiger partial charge in [-0.1, -0.05) is 81.8 Å². The third-order valence-electron chi connectivity index (χ3n) is 9.39. The Morgan fingerprint density at radius 2 is 1.69 bits per heavy atom.